The Balaban J connectivity index is 1.11. The van der Waals surface area contributed by atoms with E-state index in [1.165, 1.54) is 61.0 Å². The second-order valence-corrected chi connectivity index (χ2v) is 17.5. The van der Waals surface area contributed by atoms with Crippen molar-refractivity contribution in [3.8, 4) is 39.3 Å². The topological polar surface area (TPSA) is 46.8 Å². The first kappa shape index (κ1) is 34.2. The molecule has 0 saturated heterocycles. The number of nitrogens with zero attached hydrogens (tertiary/aromatic N) is 5. The Bertz CT molecular complexity index is 3730. The standard InChI is InChI=1S/C59H35N5/c1-2-15-36(16-3-1)63-53-27-13-11-24-47(53)59(48-25-14-29-61-56(48)57-51(59)31-37(34-62-57)64-52-26-12-7-20-41(52)42-28-30-60-35-55(42)64)50-32-43-40-19-6-10-23-46(40)58(49(43)33-54(50)63)44-21-8-4-17-38(44)39-18-5-9-22-45(39)58/h1-35H. The number of fused-ring (bicyclic) bond motifs is 22. The second kappa shape index (κ2) is 12.2. The molecule has 0 bridgehead atoms. The van der Waals surface area contributed by atoms with E-state index in [1.807, 2.05) is 24.8 Å². The van der Waals surface area contributed by atoms with Gasteiger partial charge in [-0.1, -0.05) is 133 Å². The molecule has 3 aliphatic carbocycles. The lowest BCUT2D eigenvalue weighted by atomic mass is 9.63. The van der Waals surface area contributed by atoms with Crippen molar-refractivity contribution in [1.82, 2.24) is 19.5 Å². The number of para-hydroxylation sites is 3. The molecule has 5 heterocycles. The number of hydrogen-bond donors (Lipinski definition) is 0. The van der Waals surface area contributed by atoms with Gasteiger partial charge < -0.3 is 9.47 Å². The normalized spacial score (nSPS) is 16.3. The van der Waals surface area contributed by atoms with Crippen LogP contribution in [0.1, 0.15) is 44.5 Å². The lowest BCUT2D eigenvalue weighted by Gasteiger charge is -2.45. The molecule has 5 heteroatoms. The average molecular weight is 814 g/mol. The van der Waals surface area contributed by atoms with Crippen molar-refractivity contribution >= 4 is 38.9 Å². The van der Waals surface area contributed by atoms with Gasteiger partial charge in [-0.3, -0.25) is 15.0 Å². The maximum absolute atomic E-state index is 5.44. The monoisotopic (exact) mass is 813 g/mol. The van der Waals surface area contributed by atoms with Crippen molar-refractivity contribution in [2.45, 2.75) is 10.8 Å². The summed E-state index contributed by atoms with van der Waals surface area (Å²) in [7, 11) is 0. The molecule has 64 heavy (non-hydrogen) atoms. The van der Waals surface area contributed by atoms with E-state index in [-0.39, 0.29) is 0 Å². The van der Waals surface area contributed by atoms with Gasteiger partial charge >= 0.3 is 0 Å². The molecule has 296 valence electrons. The first-order valence-corrected chi connectivity index (χ1v) is 22.0. The van der Waals surface area contributed by atoms with Crippen LogP contribution in [-0.2, 0) is 10.8 Å². The van der Waals surface area contributed by atoms with Gasteiger partial charge in [0, 0.05) is 34.4 Å². The van der Waals surface area contributed by atoms with Gasteiger partial charge in [0.1, 0.15) is 0 Å². The maximum atomic E-state index is 5.44. The summed E-state index contributed by atoms with van der Waals surface area (Å²) < 4.78 is 2.33. The fourth-order valence-corrected chi connectivity index (χ4v) is 12.5. The molecule has 2 spiro atoms. The lowest BCUT2D eigenvalue weighted by Crippen LogP contribution is -2.37. The van der Waals surface area contributed by atoms with E-state index in [4.69, 9.17) is 9.97 Å². The molecule has 0 fully saturated rings. The molecule has 0 saturated carbocycles. The Kier molecular flexibility index (Phi) is 6.49. The highest BCUT2D eigenvalue weighted by Gasteiger charge is 2.57. The van der Waals surface area contributed by atoms with Crippen molar-refractivity contribution in [1.29, 1.82) is 0 Å². The molecule has 1 unspecified atom stereocenters. The number of rotatable bonds is 2. The van der Waals surface area contributed by atoms with Gasteiger partial charge in [-0.25, -0.2) is 0 Å². The first-order valence-electron chi connectivity index (χ1n) is 22.0. The molecular formula is C59H35N5. The quantitative estimate of drug-likeness (QED) is 0.174. The van der Waals surface area contributed by atoms with Crippen molar-refractivity contribution in [3.05, 3.63) is 257 Å². The Hall–Kier alpha value is -8.41. The summed E-state index contributed by atoms with van der Waals surface area (Å²) in [5.41, 5.74) is 22.1. The van der Waals surface area contributed by atoms with Gasteiger partial charge in [0.15, 0.2) is 0 Å². The van der Waals surface area contributed by atoms with E-state index in [0.717, 1.165) is 61.7 Å². The summed E-state index contributed by atoms with van der Waals surface area (Å²) in [6.07, 6.45) is 7.81. The van der Waals surface area contributed by atoms with Gasteiger partial charge in [0.2, 0.25) is 0 Å². The van der Waals surface area contributed by atoms with E-state index < -0.39 is 10.8 Å². The third kappa shape index (κ3) is 3.95. The van der Waals surface area contributed by atoms with Crippen LogP contribution >= 0.6 is 0 Å². The Morgan fingerprint density at radius 3 is 1.73 bits per heavy atom. The van der Waals surface area contributed by atoms with Crippen molar-refractivity contribution in [3.63, 3.8) is 0 Å². The molecule has 5 nitrogen and oxygen atoms in total. The van der Waals surface area contributed by atoms with Crippen LogP contribution in [0.25, 0.3) is 61.1 Å². The molecule has 4 aliphatic rings. The molecule has 1 aliphatic heterocycles. The second-order valence-electron chi connectivity index (χ2n) is 17.5. The van der Waals surface area contributed by atoms with E-state index in [0.29, 0.717) is 0 Å². The minimum Gasteiger partial charge on any atom is -0.310 e. The van der Waals surface area contributed by atoms with E-state index >= 15 is 0 Å². The van der Waals surface area contributed by atoms with Gasteiger partial charge in [0.05, 0.1) is 62.7 Å². The summed E-state index contributed by atoms with van der Waals surface area (Å²) >= 11 is 0. The third-order valence-corrected chi connectivity index (χ3v) is 14.8. The minimum absolute atomic E-state index is 0.507. The molecular weight excluding hydrogens is 779 g/mol. The zero-order valence-electron chi connectivity index (χ0n) is 34.4. The average Bonchev–Trinajstić information content (AvgIpc) is 4.05. The fraction of sp³-hybridized carbons (Fsp3) is 0.0339. The lowest BCUT2D eigenvalue weighted by molar-refractivity contribution is 0.743. The predicted molar refractivity (Wildman–Crippen MR) is 256 cm³/mol. The largest absolute Gasteiger partial charge is 0.310 e. The van der Waals surface area contributed by atoms with Crippen LogP contribution in [0.15, 0.2) is 213 Å². The zero-order valence-corrected chi connectivity index (χ0v) is 34.4. The van der Waals surface area contributed by atoms with Crippen LogP contribution in [-0.4, -0.2) is 19.5 Å². The third-order valence-electron chi connectivity index (χ3n) is 14.8. The van der Waals surface area contributed by atoms with E-state index in [1.54, 1.807) is 0 Å². The molecule has 11 aromatic rings. The van der Waals surface area contributed by atoms with Crippen LogP contribution < -0.4 is 4.90 Å². The smallest absolute Gasteiger partial charge is 0.0939 e. The summed E-state index contributed by atoms with van der Waals surface area (Å²) in [6, 6.07) is 69.8. The van der Waals surface area contributed by atoms with Crippen molar-refractivity contribution in [2.75, 3.05) is 4.90 Å². The highest BCUT2D eigenvalue weighted by Crippen LogP contribution is 2.68. The van der Waals surface area contributed by atoms with Gasteiger partial charge in [-0.15, -0.1) is 0 Å². The fourth-order valence-electron chi connectivity index (χ4n) is 12.5. The molecule has 1 atom stereocenters. The zero-order chi connectivity index (χ0) is 41.7. The van der Waals surface area contributed by atoms with Crippen molar-refractivity contribution < 1.29 is 0 Å². The number of benzene rings is 7. The molecule has 0 radical (unpaired) electrons. The minimum atomic E-state index is -0.776. The number of pyridine rings is 3. The van der Waals surface area contributed by atoms with Crippen LogP contribution in [0.5, 0.6) is 0 Å². The predicted octanol–water partition coefficient (Wildman–Crippen LogP) is 13.5. The summed E-state index contributed by atoms with van der Waals surface area (Å²) in [5, 5.41) is 2.35. The van der Waals surface area contributed by atoms with Crippen LogP contribution in [0.4, 0.5) is 17.1 Å². The van der Waals surface area contributed by atoms with Crippen LogP contribution in [0, 0.1) is 0 Å². The molecule has 0 N–H and O–H groups in total. The van der Waals surface area contributed by atoms with Gasteiger partial charge in [0.25, 0.3) is 0 Å². The van der Waals surface area contributed by atoms with E-state index in [2.05, 4.69) is 203 Å². The number of anilines is 3. The SMILES string of the molecule is c1ccc(N2c3ccccc3C3(c4cc5c(cc42)C2(c4ccccc4-c4ccccc42)c2ccccc2-5)c2cccnc2-c2ncc(-n4c5ccccc5c5ccncc54)cc23)cc1. The molecule has 7 aromatic carbocycles. The highest BCUT2D eigenvalue weighted by atomic mass is 15.2. The Morgan fingerprint density at radius 1 is 0.344 bits per heavy atom. The van der Waals surface area contributed by atoms with Gasteiger partial charge in [-0.2, -0.15) is 0 Å². The molecule has 0 amide bonds. The number of hydrogen-bond acceptors (Lipinski definition) is 4. The summed E-state index contributed by atoms with van der Waals surface area (Å²) in [5.74, 6) is 0. The molecule has 15 rings (SSSR count). The van der Waals surface area contributed by atoms with Crippen LogP contribution in [0.3, 0.4) is 0 Å². The van der Waals surface area contributed by atoms with E-state index in [9.17, 15) is 0 Å². The maximum Gasteiger partial charge on any atom is 0.0939 e. The van der Waals surface area contributed by atoms with Gasteiger partial charge in [-0.05, 0) is 116 Å². The highest BCUT2D eigenvalue weighted by molar-refractivity contribution is 6.09. The number of aromatic nitrogens is 4. The first-order chi connectivity index (χ1) is 31.8. The summed E-state index contributed by atoms with van der Waals surface area (Å²) in [6.45, 7) is 0. The Morgan fingerprint density at radius 2 is 0.953 bits per heavy atom. The molecule has 4 aromatic heterocycles. The van der Waals surface area contributed by atoms with Crippen molar-refractivity contribution in [2.24, 2.45) is 0 Å². The Labute approximate surface area is 369 Å². The summed E-state index contributed by atoms with van der Waals surface area (Å²) in [4.78, 5) is 17.8. The van der Waals surface area contributed by atoms with Crippen LogP contribution in [0.2, 0.25) is 0 Å².